The number of fused-ring (bicyclic) bond motifs is 4. The summed E-state index contributed by atoms with van der Waals surface area (Å²) in [5, 5.41) is 6.41. The lowest BCUT2D eigenvalue weighted by Gasteiger charge is -2.13. The van der Waals surface area contributed by atoms with Crippen molar-refractivity contribution in [3.05, 3.63) is 60.3 Å². The number of hydrogen-bond acceptors (Lipinski definition) is 6. The van der Waals surface area contributed by atoms with Crippen LogP contribution in [0.25, 0.3) is 11.1 Å². The third-order valence-corrected chi connectivity index (χ3v) is 5.95. The number of anilines is 3. The van der Waals surface area contributed by atoms with Gasteiger partial charge in [-0.15, -0.1) is 0 Å². The van der Waals surface area contributed by atoms with E-state index in [0.29, 0.717) is 37.0 Å². The molecule has 3 N–H and O–H groups in total. The zero-order chi connectivity index (χ0) is 19.6. The smallest absolute Gasteiger partial charge is 0.240 e. The third-order valence-electron chi connectivity index (χ3n) is 4.49. The lowest BCUT2D eigenvalue weighted by Crippen LogP contribution is -2.26. The van der Waals surface area contributed by atoms with Crippen LogP contribution >= 0.6 is 0 Å². The first kappa shape index (κ1) is 18.4. The summed E-state index contributed by atoms with van der Waals surface area (Å²) in [4.78, 5) is 9.25. The highest BCUT2D eigenvalue weighted by atomic mass is 32.2. The number of nitrogens with zero attached hydrogens (tertiary/aromatic N) is 2. The predicted octanol–water partition coefficient (Wildman–Crippen LogP) is 3.29. The van der Waals surface area contributed by atoms with Crippen LogP contribution in [0.4, 0.5) is 17.5 Å². The zero-order valence-corrected chi connectivity index (χ0v) is 16.3. The lowest BCUT2D eigenvalue weighted by molar-refractivity contribution is 0.580. The Balaban J connectivity index is 1.74. The molecule has 0 spiro atoms. The SMILES string of the molecule is Cc1ccc(-c2cnc3nc2NCCCNS(=O)(=O)c2cccc(c2)N3)cc1. The maximum atomic E-state index is 12.4. The van der Waals surface area contributed by atoms with Gasteiger partial charge in [0.05, 0.1) is 4.90 Å². The highest BCUT2D eigenvalue weighted by Crippen LogP contribution is 2.28. The van der Waals surface area contributed by atoms with Gasteiger partial charge in [0, 0.05) is 30.5 Å². The van der Waals surface area contributed by atoms with Gasteiger partial charge in [0.15, 0.2) is 0 Å². The monoisotopic (exact) mass is 395 g/mol. The minimum Gasteiger partial charge on any atom is -0.369 e. The van der Waals surface area contributed by atoms with Crippen LogP contribution in [0.5, 0.6) is 0 Å². The molecule has 1 aliphatic heterocycles. The van der Waals surface area contributed by atoms with Crippen molar-refractivity contribution in [1.29, 1.82) is 0 Å². The van der Waals surface area contributed by atoms with Crippen LogP contribution in [-0.4, -0.2) is 31.5 Å². The molecule has 0 amide bonds. The summed E-state index contributed by atoms with van der Waals surface area (Å²) in [6.07, 6.45) is 2.40. The van der Waals surface area contributed by atoms with Gasteiger partial charge in [-0.25, -0.2) is 18.1 Å². The number of aromatic nitrogens is 2. The van der Waals surface area contributed by atoms with Gasteiger partial charge in [0.2, 0.25) is 16.0 Å². The van der Waals surface area contributed by atoms with E-state index in [1.807, 2.05) is 31.2 Å². The number of nitrogens with one attached hydrogen (secondary N) is 3. The Morgan fingerprint density at radius 2 is 1.86 bits per heavy atom. The second-order valence-corrected chi connectivity index (χ2v) is 8.42. The Bertz CT molecular complexity index is 1100. The molecule has 8 heteroatoms. The Hall–Kier alpha value is -2.97. The molecule has 0 aliphatic carbocycles. The van der Waals surface area contributed by atoms with Crippen LogP contribution in [-0.2, 0) is 10.0 Å². The first-order chi connectivity index (χ1) is 13.5. The van der Waals surface area contributed by atoms with Gasteiger partial charge in [0.1, 0.15) is 5.82 Å². The van der Waals surface area contributed by atoms with Crippen molar-refractivity contribution < 1.29 is 8.42 Å². The molecule has 4 rings (SSSR count). The summed E-state index contributed by atoms with van der Waals surface area (Å²) >= 11 is 0. The molecule has 0 unspecified atom stereocenters. The van der Waals surface area contributed by atoms with E-state index in [4.69, 9.17) is 0 Å². The van der Waals surface area contributed by atoms with E-state index in [1.165, 1.54) is 5.56 Å². The average Bonchev–Trinajstić information content (AvgIpc) is 2.69. The summed E-state index contributed by atoms with van der Waals surface area (Å²) in [7, 11) is -3.55. The highest BCUT2D eigenvalue weighted by molar-refractivity contribution is 7.89. The van der Waals surface area contributed by atoms with Gasteiger partial charge in [-0.1, -0.05) is 35.9 Å². The maximum Gasteiger partial charge on any atom is 0.240 e. The molecule has 1 aromatic heterocycles. The lowest BCUT2D eigenvalue weighted by atomic mass is 10.1. The van der Waals surface area contributed by atoms with Crippen molar-refractivity contribution in [2.75, 3.05) is 23.7 Å². The fraction of sp³-hybridized carbons (Fsp3) is 0.200. The molecule has 0 saturated carbocycles. The fourth-order valence-electron chi connectivity index (χ4n) is 2.98. The van der Waals surface area contributed by atoms with Crippen molar-refractivity contribution in [3.63, 3.8) is 0 Å². The number of benzene rings is 2. The minimum absolute atomic E-state index is 0.209. The van der Waals surface area contributed by atoms with E-state index >= 15 is 0 Å². The molecule has 1 aliphatic rings. The van der Waals surface area contributed by atoms with Crippen molar-refractivity contribution in [1.82, 2.24) is 14.7 Å². The molecular formula is C20H21N5O2S. The average molecular weight is 395 g/mol. The fourth-order valence-corrected chi connectivity index (χ4v) is 4.10. The van der Waals surface area contributed by atoms with Crippen molar-refractivity contribution in [3.8, 4) is 11.1 Å². The van der Waals surface area contributed by atoms with Gasteiger partial charge >= 0.3 is 0 Å². The first-order valence-corrected chi connectivity index (χ1v) is 10.5. The van der Waals surface area contributed by atoms with Crippen LogP contribution in [0, 0.1) is 6.92 Å². The summed E-state index contributed by atoms with van der Waals surface area (Å²) in [5.41, 5.74) is 3.71. The van der Waals surface area contributed by atoms with E-state index in [-0.39, 0.29) is 4.90 Å². The minimum atomic E-state index is -3.55. The summed E-state index contributed by atoms with van der Waals surface area (Å²) in [5.74, 6) is 1.11. The highest BCUT2D eigenvalue weighted by Gasteiger charge is 2.16. The van der Waals surface area contributed by atoms with Crippen LogP contribution in [0.3, 0.4) is 0 Å². The van der Waals surface area contributed by atoms with Gasteiger partial charge in [0.25, 0.3) is 0 Å². The van der Waals surface area contributed by atoms with Gasteiger partial charge in [-0.05, 0) is 37.1 Å². The molecule has 28 heavy (non-hydrogen) atoms. The van der Waals surface area contributed by atoms with Gasteiger partial charge in [-0.3, -0.25) is 0 Å². The topological polar surface area (TPSA) is 96.0 Å². The molecule has 0 fully saturated rings. The van der Waals surface area contributed by atoms with E-state index in [9.17, 15) is 8.42 Å². The second-order valence-electron chi connectivity index (χ2n) is 6.65. The molecule has 0 atom stereocenters. The predicted molar refractivity (Wildman–Crippen MR) is 110 cm³/mol. The van der Waals surface area contributed by atoms with Crippen LogP contribution in [0.15, 0.2) is 59.6 Å². The largest absolute Gasteiger partial charge is 0.369 e. The van der Waals surface area contributed by atoms with Crippen LogP contribution < -0.4 is 15.4 Å². The van der Waals surface area contributed by atoms with E-state index < -0.39 is 10.0 Å². The molecular weight excluding hydrogens is 374 g/mol. The summed E-state index contributed by atoms with van der Waals surface area (Å²) in [6.45, 7) is 2.96. The molecule has 7 nitrogen and oxygen atoms in total. The number of aryl methyl sites for hydroxylation is 1. The Labute approximate surface area is 164 Å². The zero-order valence-electron chi connectivity index (χ0n) is 15.4. The standard InChI is InChI=1S/C20H21N5O2S/c1-14-6-8-15(9-7-14)18-13-22-20-24-16-4-2-5-17(12-16)28(26,27)23-11-3-10-21-19(18)25-20/h2,4-9,12-13,23H,3,10-11H2,1H3,(H2,21,22,24,25). The van der Waals surface area contributed by atoms with Crippen LogP contribution in [0.1, 0.15) is 12.0 Å². The number of sulfonamides is 1. The number of hydrogen-bond donors (Lipinski definition) is 3. The maximum absolute atomic E-state index is 12.4. The molecule has 4 bridgehead atoms. The van der Waals surface area contributed by atoms with E-state index in [1.54, 1.807) is 30.5 Å². The Kier molecular flexibility index (Phi) is 4.97. The normalized spacial score (nSPS) is 15.9. The molecule has 0 saturated heterocycles. The second kappa shape index (κ2) is 7.57. The van der Waals surface area contributed by atoms with Crippen molar-refractivity contribution >= 4 is 27.5 Å². The molecule has 2 aromatic carbocycles. The quantitative estimate of drug-likeness (QED) is 0.585. The van der Waals surface area contributed by atoms with Crippen molar-refractivity contribution in [2.24, 2.45) is 0 Å². The van der Waals surface area contributed by atoms with Gasteiger partial charge in [-0.2, -0.15) is 4.98 Å². The van der Waals surface area contributed by atoms with Gasteiger partial charge < -0.3 is 10.6 Å². The summed E-state index contributed by atoms with van der Waals surface area (Å²) in [6, 6.07) is 14.8. The molecule has 0 radical (unpaired) electrons. The number of rotatable bonds is 1. The van der Waals surface area contributed by atoms with E-state index in [2.05, 4.69) is 25.3 Å². The first-order valence-electron chi connectivity index (χ1n) is 9.06. The Morgan fingerprint density at radius 3 is 2.68 bits per heavy atom. The Morgan fingerprint density at radius 1 is 1.04 bits per heavy atom. The van der Waals surface area contributed by atoms with E-state index in [0.717, 1.165) is 11.1 Å². The molecule has 144 valence electrons. The van der Waals surface area contributed by atoms with Crippen LogP contribution in [0.2, 0.25) is 0 Å². The molecule has 2 heterocycles. The summed E-state index contributed by atoms with van der Waals surface area (Å²) < 4.78 is 27.5. The van der Waals surface area contributed by atoms with Crippen molar-refractivity contribution in [2.45, 2.75) is 18.2 Å². The third kappa shape index (κ3) is 3.97. The molecule has 3 aromatic rings.